The van der Waals surface area contributed by atoms with Crippen molar-refractivity contribution in [3.8, 4) is 0 Å². The SMILES string of the molecule is C[C@]12CC3CC(NC(=O)NC4CCC(Nc5c(NS(=O)(=O)Cc6ccccc6)c(=O)c5=O)CC4)(C1)C[C@](C)(C3)C2. The van der Waals surface area contributed by atoms with Gasteiger partial charge >= 0.3 is 6.03 Å². The van der Waals surface area contributed by atoms with Crippen LogP contribution in [0, 0.1) is 16.7 Å². The van der Waals surface area contributed by atoms with Gasteiger partial charge in [0.25, 0.3) is 10.9 Å². The first-order valence-electron chi connectivity index (χ1n) is 14.6. The third kappa shape index (κ3) is 5.39. The van der Waals surface area contributed by atoms with E-state index in [1.54, 1.807) is 30.3 Å². The van der Waals surface area contributed by atoms with Crippen molar-refractivity contribution in [2.24, 2.45) is 16.7 Å². The lowest BCUT2D eigenvalue weighted by Crippen LogP contribution is -2.66. The van der Waals surface area contributed by atoms with Gasteiger partial charge in [-0.05, 0) is 86.5 Å². The molecule has 0 aliphatic heterocycles. The van der Waals surface area contributed by atoms with Gasteiger partial charge in [0, 0.05) is 17.6 Å². The molecule has 0 aromatic heterocycles. The van der Waals surface area contributed by atoms with E-state index < -0.39 is 20.9 Å². The zero-order valence-corrected chi connectivity index (χ0v) is 24.2. The highest BCUT2D eigenvalue weighted by Crippen LogP contribution is 2.66. The number of sulfonamides is 1. The van der Waals surface area contributed by atoms with Gasteiger partial charge in [0.2, 0.25) is 10.0 Å². The molecule has 2 aromatic rings. The van der Waals surface area contributed by atoms with Gasteiger partial charge in [0.05, 0.1) is 5.75 Å². The summed E-state index contributed by atoms with van der Waals surface area (Å²) in [5.41, 5.74) is -0.514. The van der Waals surface area contributed by atoms with Crippen LogP contribution in [0.3, 0.4) is 0 Å². The van der Waals surface area contributed by atoms with E-state index in [0.717, 1.165) is 32.1 Å². The molecule has 5 saturated carbocycles. The van der Waals surface area contributed by atoms with E-state index >= 15 is 0 Å². The van der Waals surface area contributed by atoms with Gasteiger partial charge in [-0.1, -0.05) is 44.2 Å². The number of carbonyl (C=O) groups is 1. The van der Waals surface area contributed by atoms with Crippen molar-refractivity contribution in [1.29, 1.82) is 0 Å². The summed E-state index contributed by atoms with van der Waals surface area (Å²) < 4.78 is 27.6. The van der Waals surface area contributed by atoms with Crippen molar-refractivity contribution in [3.63, 3.8) is 0 Å². The molecule has 7 rings (SSSR count). The van der Waals surface area contributed by atoms with Crippen LogP contribution in [0.1, 0.15) is 83.6 Å². The average Bonchev–Trinajstić information content (AvgIpc) is 2.84. The van der Waals surface area contributed by atoms with Crippen LogP contribution in [-0.2, 0) is 15.8 Å². The van der Waals surface area contributed by atoms with Crippen LogP contribution >= 0.6 is 0 Å². The lowest BCUT2D eigenvalue weighted by atomic mass is 9.43. The minimum absolute atomic E-state index is 0.0367. The lowest BCUT2D eigenvalue weighted by Gasteiger charge is -2.65. The number of hydrogen-bond donors (Lipinski definition) is 4. The van der Waals surface area contributed by atoms with Crippen molar-refractivity contribution in [2.45, 2.75) is 101 Å². The summed E-state index contributed by atoms with van der Waals surface area (Å²) in [6, 6.07) is 8.54. The molecule has 2 aromatic carbocycles. The van der Waals surface area contributed by atoms with Crippen LogP contribution in [0.25, 0.3) is 0 Å². The average molecular weight is 569 g/mol. The van der Waals surface area contributed by atoms with Crippen molar-refractivity contribution < 1.29 is 13.2 Å². The smallest absolute Gasteiger partial charge is 0.315 e. The quantitative estimate of drug-likeness (QED) is 0.356. The number of urea groups is 1. The molecule has 5 aliphatic rings. The van der Waals surface area contributed by atoms with Gasteiger partial charge in [-0.25, -0.2) is 13.2 Å². The molecular formula is C30H40N4O5S. The molecule has 4 bridgehead atoms. The third-order valence-corrected chi connectivity index (χ3v) is 11.0. The van der Waals surface area contributed by atoms with Crippen LogP contribution in [0.4, 0.5) is 16.2 Å². The van der Waals surface area contributed by atoms with E-state index in [4.69, 9.17) is 0 Å². The Balaban J connectivity index is 1.01. The van der Waals surface area contributed by atoms with Gasteiger partial charge in [-0.2, -0.15) is 0 Å². The molecule has 2 atom stereocenters. The summed E-state index contributed by atoms with van der Waals surface area (Å²) in [6.07, 6.45) is 9.91. The molecule has 0 heterocycles. The Morgan fingerprint density at radius 3 is 2.08 bits per heavy atom. The van der Waals surface area contributed by atoms with Crippen molar-refractivity contribution in [2.75, 3.05) is 10.0 Å². The van der Waals surface area contributed by atoms with Gasteiger partial charge in [-0.15, -0.1) is 0 Å². The highest BCUT2D eigenvalue weighted by molar-refractivity contribution is 7.91. The van der Waals surface area contributed by atoms with E-state index in [9.17, 15) is 22.8 Å². The van der Waals surface area contributed by atoms with E-state index in [1.165, 1.54) is 19.3 Å². The van der Waals surface area contributed by atoms with E-state index in [2.05, 4.69) is 34.5 Å². The Morgan fingerprint density at radius 2 is 1.45 bits per heavy atom. The number of anilines is 2. The Kier molecular flexibility index (Phi) is 6.55. The third-order valence-electron chi connectivity index (χ3n) is 9.78. The summed E-state index contributed by atoms with van der Waals surface area (Å²) >= 11 is 0. The number of nitrogens with one attached hydrogen (secondary N) is 4. The number of benzene rings is 1. The molecule has 4 N–H and O–H groups in total. The molecule has 0 unspecified atom stereocenters. The molecule has 10 heteroatoms. The van der Waals surface area contributed by atoms with Crippen molar-refractivity contribution in [1.82, 2.24) is 10.6 Å². The maximum atomic E-state index is 13.1. The van der Waals surface area contributed by atoms with Crippen molar-refractivity contribution >= 4 is 27.4 Å². The van der Waals surface area contributed by atoms with Gasteiger partial charge in [-0.3, -0.25) is 14.3 Å². The molecular weight excluding hydrogens is 528 g/mol. The van der Waals surface area contributed by atoms with Crippen LogP contribution in [-0.4, -0.2) is 32.1 Å². The predicted molar refractivity (Wildman–Crippen MR) is 156 cm³/mol. The largest absolute Gasteiger partial charge is 0.377 e. The molecule has 0 spiro atoms. The molecule has 5 fully saturated rings. The predicted octanol–water partition coefficient (Wildman–Crippen LogP) is 4.00. The van der Waals surface area contributed by atoms with Crippen LogP contribution in [0.5, 0.6) is 0 Å². The summed E-state index contributed by atoms with van der Waals surface area (Å²) in [4.78, 5) is 37.6. The summed E-state index contributed by atoms with van der Waals surface area (Å²) in [6.45, 7) is 4.79. The topological polar surface area (TPSA) is 133 Å². The lowest BCUT2D eigenvalue weighted by molar-refractivity contribution is -0.113. The number of carbonyl (C=O) groups excluding carboxylic acids is 1. The molecule has 216 valence electrons. The fraction of sp³-hybridized carbons (Fsp3) is 0.633. The minimum Gasteiger partial charge on any atom is -0.377 e. The molecule has 9 nitrogen and oxygen atoms in total. The molecule has 0 radical (unpaired) electrons. The Bertz CT molecular complexity index is 1460. The zero-order valence-electron chi connectivity index (χ0n) is 23.3. The monoisotopic (exact) mass is 568 g/mol. The molecule has 0 saturated heterocycles. The number of amides is 2. The van der Waals surface area contributed by atoms with Gasteiger partial charge < -0.3 is 16.0 Å². The zero-order chi connectivity index (χ0) is 28.3. The van der Waals surface area contributed by atoms with Gasteiger partial charge in [0.15, 0.2) is 0 Å². The second-order valence-electron chi connectivity index (χ2n) is 14.0. The highest BCUT2D eigenvalue weighted by Gasteiger charge is 2.60. The Hall–Kier alpha value is -2.88. The van der Waals surface area contributed by atoms with E-state index in [-0.39, 0.29) is 40.8 Å². The minimum atomic E-state index is -3.85. The first-order chi connectivity index (χ1) is 18.8. The highest BCUT2D eigenvalue weighted by atomic mass is 32.2. The molecule has 5 aliphatic carbocycles. The second-order valence-corrected chi connectivity index (χ2v) is 15.7. The fourth-order valence-corrected chi connectivity index (χ4v) is 10.5. The number of rotatable bonds is 8. The standard InChI is InChI=1S/C30H40N4O5S/c1-28-12-20-13-29(2,16-28)18-30(14-20,17-28)33-27(37)32-22-10-8-21(9-11-22)31-23-24(26(36)25(23)35)34-40(38,39)15-19-6-4-3-5-7-19/h3-7,20-22,31,34H,8-18H2,1-2H3,(H2,32,33,37)/t20?,21?,22?,28-,29-,30?/m1/s1. The first kappa shape index (κ1) is 27.3. The molecule has 2 amide bonds. The Morgan fingerprint density at radius 1 is 0.850 bits per heavy atom. The second kappa shape index (κ2) is 9.60. The van der Waals surface area contributed by atoms with Crippen LogP contribution < -0.4 is 31.5 Å². The maximum absolute atomic E-state index is 13.1. The van der Waals surface area contributed by atoms with Crippen LogP contribution in [0.15, 0.2) is 39.9 Å². The summed E-state index contributed by atoms with van der Waals surface area (Å²) in [5.74, 6) is 0.418. The first-order valence-corrected chi connectivity index (χ1v) is 16.2. The maximum Gasteiger partial charge on any atom is 0.315 e. The number of hydrogen-bond acceptors (Lipinski definition) is 6. The normalized spacial score (nSPS) is 34.9. The Labute approximate surface area is 235 Å². The summed E-state index contributed by atoms with van der Waals surface area (Å²) in [7, 11) is -3.85. The molecule has 40 heavy (non-hydrogen) atoms. The fourth-order valence-electron chi connectivity index (χ4n) is 9.25. The van der Waals surface area contributed by atoms with Crippen molar-refractivity contribution in [3.05, 3.63) is 56.3 Å². The summed E-state index contributed by atoms with van der Waals surface area (Å²) in [5, 5.41) is 9.73. The van der Waals surface area contributed by atoms with E-state index in [1.807, 2.05) is 0 Å². The van der Waals surface area contributed by atoms with Gasteiger partial charge in [0.1, 0.15) is 11.4 Å². The van der Waals surface area contributed by atoms with E-state index in [0.29, 0.717) is 35.2 Å². The van der Waals surface area contributed by atoms with Crippen LogP contribution in [0.2, 0.25) is 0 Å².